The van der Waals surface area contributed by atoms with Gasteiger partial charge in [0.2, 0.25) is 11.8 Å². The lowest BCUT2D eigenvalue weighted by molar-refractivity contribution is 0.396. The molecule has 0 aliphatic heterocycles. The molecule has 0 saturated heterocycles. The number of halogens is 2. The maximum absolute atomic E-state index is 14.0. The quantitative estimate of drug-likeness (QED) is 0.315. The van der Waals surface area contributed by atoms with E-state index in [4.69, 9.17) is 26.2 Å². The Morgan fingerprint density at radius 1 is 1.09 bits per heavy atom. The fourth-order valence-electron chi connectivity index (χ4n) is 3.17. The first-order valence-electron chi connectivity index (χ1n) is 9.69. The molecule has 33 heavy (non-hydrogen) atoms. The third-order valence-corrected chi connectivity index (χ3v) is 5.72. The minimum Gasteiger partial charge on any atom is -0.391 e. The monoisotopic (exact) mass is 493 g/mol. The van der Waals surface area contributed by atoms with Crippen LogP contribution < -0.4 is 17.2 Å². The molecule has 4 aromatic rings. The van der Waals surface area contributed by atoms with Gasteiger partial charge < -0.3 is 14.6 Å². The predicted molar refractivity (Wildman–Crippen MR) is 123 cm³/mol. The molecular formula is C21H21ClFN5O4S. The van der Waals surface area contributed by atoms with Gasteiger partial charge in [-0.1, -0.05) is 24.6 Å². The van der Waals surface area contributed by atoms with Gasteiger partial charge in [-0.05, 0) is 54.8 Å². The van der Waals surface area contributed by atoms with Crippen LogP contribution in [0.15, 0.2) is 53.7 Å². The van der Waals surface area contributed by atoms with Gasteiger partial charge in [0.15, 0.2) is 0 Å². The normalized spacial score (nSPS) is 12.7. The zero-order valence-electron chi connectivity index (χ0n) is 17.8. The summed E-state index contributed by atoms with van der Waals surface area (Å²) in [4.78, 5) is 22.3. The first-order valence-corrected chi connectivity index (χ1v) is 10.5. The van der Waals surface area contributed by atoms with Crippen molar-refractivity contribution in [2.45, 2.75) is 37.6 Å². The number of rotatable bonds is 4. The van der Waals surface area contributed by atoms with Crippen molar-refractivity contribution in [1.82, 2.24) is 20.4 Å². The summed E-state index contributed by atoms with van der Waals surface area (Å²) < 4.78 is 23.6. The largest absolute Gasteiger partial charge is 0.434 e. The Morgan fingerprint density at radius 3 is 2.36 bits per heavy atom. The number of nitrogens with one attached hydrogen (secondary N) is 2. The maximum atomic E-state index is 14.0. The number of aryl methyl sites for hydroxylation is 1. The van der Waals surface area contributed by atoms with Crippen molar-refractivity contribution in [3.05, 3.63) is 84.9 Å². The number of hydrogen-bond donors (Lipinski definition) is 4. The number of hydrogen-bond acceptors (Lipinski definition) is 8. The highest BCUT2D eigenvalue weighted by Crippen LogP contribution is 2.32. The summed E-state index contributed by atoms with van der Waals surface area (Å²) in [6, 6.07) is 7.48. The summed E-state index contributed by atoms with van der Waals surface area (Å²) in [5, 5.41) is 12.2. The van der Waals surface area contributed by atoms with Gasteiger partial charge in [0, 0.05) is 15.8 Å². The second kappa shape index (κ2) is 10.2. The molecule has 2 aromatic heterocycles. The molecular weight excluding hydrogens is 473 g/mol. The van der Waals surface area contributed by atoms with E-state index in [9.17, 15) is 14.0 Å². The Kier molecular flexibility index (Phi) is 7.57. The van der Waals surface area contributed by atoms with Gasteiger partial charge in [-0.15, -0.1) is 22.8 Å². The summed E-state index contributed by atoms with van der Waals surface area (Å²) in [6.07, 6.45) is 0. The van der Waals surface area contributed by atoms with Crippen LogP contribution in [0.4, 0.5) is 4.39 Å². The molecule has 2 unspecified atom stereocenters. The zero-order valence-corrected chi connectivity index (χ0v) is 19.5. The summed E-state index contributed by atoms with van der Waals surface area (Å²) >= 11 is 9.97. The molecule has 2 aromatic carbocycles. The lowest BCUT2D eigenvalue weighted by Gasteiger charge is -2.20. The van der Waals surface area contributed by atoms with Gasteiger partial charge in [0.1, 0.15) is 5.82 Å². The fraction of sp³-hybridized carbons (Fsp3) is 0.238. The van der Waals surface area contributed by atoms with Crippen LogP contribution in [0.1, 0.15) is 41.5 Å². The standard InChI is InChI=1S/C13H16FN3O2.C8H5ClN2O2S/c1-6-4-5-9(14)10(7(6)2)8(3)11(15)12-16-17-13(18)19-12;9-4-1-2-6(14)5(3-4)7-10-11-8(12)13-7/h4-5,8,11H,15H2,1-3H3,(H,17,18);1-3,14H,(H,11,12). The molecule has 4 N–H and O–H groups in total. The van der Waals surface area contributed by atoms with Gasteiger partial charge >= 0.3 is 11.5 Å². The smallest absolute Gasteiger partial charge is 0.391 e. The number of aromatic nitrogens is 4. The molecule has 0 spiro atoms. The van der Waals surface area contributed by atoms with Crippen molar-refractivity contribution >= 4 is 24.2 Å². The Balaban J connectivity index is 0.000000194. The van der Waals surface area contributed by atoms with Crippen LogP contribution in [0, 0.1) is 19.7 Å². The minimum absolute atomic E-state index is 0.0813. The van der Waals surface area contributed by atoms with Crippen molar-refractivity contribution in [2.75, 3.05) is 0 Å². The van der Waals surface area contributed by atoms with E-state index in [1.807, 2.05) is 13.8 Å². The molecule has 0 bridgehead atoms. The summed E-state index contributed by atoms with van der Waals surface area (Å²) in [5.74, 6) is -1.68. The van der Waals surface area contributed by atoms with Gasteiger partial charge in [-0.25, -0.2) is 24.2 Å². The minimum atomic E-state index is -0.686. The summed E-state index contributed by atoms with van der Waals surface area (Å²) in [5.41, 5.74) is 8.93. The summed E-state index contributed by atoms with van der Waals surface area (Å²) in [6.45, 7) is 5.53. The maximum Gasteiger partial charge on any atom is 0.434 e. The molecule has 174 valence electrons. The van der Waals surface area contributed by atoms with Gasteiger partial charge in [0.25, 0.3) is 0 Å². The van der Waals surface area contributed by atoms with Crippen LogP contribution >= 0.6 is 24.2 Å². The first-order chi connectivity index (χ1) is 15.6. The van der Waals surface area contributed by atoms with Crippen LogP contribution in [0.25, 0.3) is 11.5 Å². The lowest BCUT2D eigenvalue weighted by Crippen LogP contribution is -2.20. The van der Waals surface area contributed by atoms with Crippen LogP contribution in [-0.4, -0.2) is 20.4 Å². The second-order valence-electron chi connectivity index (χ2n) is 7.25. The van der Waals surface area contributed by atoms with Gasteiger partial charge in [-0.2, -0.15) is 0 Å². The zero-order chi connectivity index (χ0) is 24.3. The third-order valence-electron chi connectivity index (χ3n) is 5.09. The molecule has 0 aliphatic rings. The van der Waals surface area contributed by atoms with Crippen molar-refractivity contribution in [2.24, 2.45) is 5.73 Å². The average Bonchev–Trinajstić information content (AvgIpc) is 3.41. The van der Waals surface area contributed by atoms with Crippen molar-refractivity contribution in [3.8, 4) is 11.5 Å². The molecule has 0 fully saturated rings. The topological polar surface area (TPSA) is 144 Å². The number of nitrogens with zero attached hydrogens (tertiary/aromatic N) is 2. The third kappa shape index (κ3) is 5.62. The van der Waals surface area contributed by atoms with Crippen molar-refractivity contribution in [1.29, 1.82) is 0 Å². The Morgan fingerprint density at radius 2 is 1.76 bits per heavy atom. The average molecular weight is 494 g/mol. The van der Waals surface area contributed by atoms with E-state index in [-0.39, 0.29) is 23.5 Å². The highest BCUT2D eigenvalue weighted by molar-refractivity contribution is 7.80. The number of benzene rings is 2. The van der Waals surface area contributed by atoms with Crippen LogP contribution in [0.5, 0.6) is 0 Å². The molecule has 2 atom stereocenters. The van der Waals surface area contributed by atoms with Crippen LogP contribution in [0.2, 0.25) is 5.02 Å². The van der Waals surface area contributed by atoms with E-state index in [2.05, 4.69) is 33.0 Å². The fourth-order valence-corrected chi connectivity index (χ4v) is 3.57. The predicted octanol–water partition coefficient (Wildman–Crippen LogP) is 3.89. The molecule has 0 amide bonds. The Bertz CT molecular complexity index is 1380. The van der Waals surface area contributed by atoms with E-state index in [0.717, 1.165) is 11.1 Å². The highest BCUT2D eigenvalue weighted by atomic mass is 35.5. The second-order valence-corrected chi connectivity index (χ2v) is 8.17. The number of thiol groups is 1. The van der Waals surface area contributed by atoms with E-state index in [1.165, 1.54) is 6.07 Å². The van der Waals surface area contributed by atoms with Crippen molar-refractivity contribution < 1.29 is 13.2 Å². The summed E-state index contributed by atoms with van der Waals surface area (Å²) in [7, 11) is 0. The Labute approximate surface area is 197 Å². The molecule has 2 heterocycles. The molecule has 0 saturated carbocycles. The number of aromatic amines is 2. The Hall–Kier alpha value is -3.15. The molecule has 0 aliphatic carbocycles. The van der Waals surface area contributed by atoms with E-state index < -0.39 is 17.6 Å². The van der Waals surface area contributed by atoms with E-state index >= 15 is 0 Å². The number of nitrogens with two attached hydrogens (primary N) is 1. The molecule has 0 radical (unpaired) electrons. The van der Waals surface area contributed by atoms with Crippen molar-refractivity contribution in [3.63, 3.8) is 0 Å². The molecule has 12 heteroatoms. The van der Waals surface area contributed by atoms with Gasteiger partial charge in [0.05, 0.1) is 11.6 Å². The highest BCUT2D eigenvalue weighted by Gasteiger charge is 2.26. The van der Waals surface area contributed by atoms with Crippen LogP contribution in [-0.2, 0) is 0 Å². The van der Waals surface area contributed by atoms with Crippen LogP contribution in [0.3, 0.4) is 0 Å². The van der Waals surface area contributed by atoms with Gasteiger partial charge in [-0.3, -0.25) is 0 Å². The first kappa shape index (κ1) is 24.5. The lowest BCUT2D eigenvalue weighted by atomic mass is 9.88. The SMILES string of the molecule is Cc1ccc(F)c(C(C)C(N)c2n[nH]c(=O)o2)c1C.O=c1[nH]nc(-c2cc(Cl)ccc2S)o1. The van der Waals surface area contributed by atoms with E-state index in [1.54, 1.807) is 31.2 Å². The number of H-pyrrole nitrogens is 2. The molecule has 9 nitrogen and oxygen atoms in total. The van der Waals surface area contributed by atoms with E-state index in [0.29, 0.717) is 21.0 Å². The molecule has 4 rings (SSSR count).